The van der Waals surface area contributed by atoms with Crippen LogP contribution in [0.5, 0.6) is 0 Å². The van der Waals surface area contributed by atoms with E-state index in [2.05, 4.69) is 247 Å². The van der Waals surface area contributed by atoms with Crippen molar-refractivity contribution in [2.45, 2.75) is 71.6 Å². The second-order valence-corrected chi connectivity index (χ2v) is 31.1. The van der Waals surface area contributed by atoms with E-state index in [0.717, 1.165) is 5.69 Å². The first kappa shape index (κ1) is 40.8. The van der Waals surface area contributed by atoms with E-state index in [9.17, 15) is 0 Å². The Balaban J connectivity index is 1.35. The summed E-state index contributed by atoms with van der Waals surface area (Å²) < 4.78 is -0.134. The number of para-hydroxylation sites is 2. The fourth-order valence-electron chi connectivity index (χ4n) is 12.0. The number of benzene rings is 9. The molecule has 0 amide bonds. The zero-order valence-electron chi connectivity index (χ0n) is 38.6. The first-order valence-corrected chi connectivity index (χ1v) is 29.6. The molecule has 0 heterocycles. The SMILES string of the molecule is Cc1ccc(N(c2ccccc2)c2ccc3c4c(c5ccccc5c3c2)-c2c(cc(N(c3ccccc3)c3ccc(C)cc3C)c3ccccc23)C4([Si](C)(C)C)[Si](C)(C)C)c(C)c1. The molecule has 4 heteroatoms. The molecule has 0 aromatic heterocycles. The van der Waals surface area contributed by atoms with Gasteiger partial charge in [-0.25, -0.2) is 0 Å². The standard InChI is InChI=1S/C59H58N2Si2/c1-39-29-33-53(41(3)35-39)60(43-21-13-11-14-22-43)45-31-32-50-51(37-45)46-25-17-19-27-48(46)57-56-49-28-20-18-26-47(49)55(38-52(56)59(58(50)57,62(5,6)7)63(8,9)10)61(44-23-15-12-16-24-44)54-34-30-40(2)36-42(54)4/h11-38H,1-10H3. The average molecular weight is 851 g/mol. The van der Waals surface area contributed by atoms with Crippen LogP contribution in [0.4, 0.5) is 34.1 Å². The number of rotatable bonds is 8. The molecule has 312 valence electrons. The highest BCUT2D eigenvalue weighted by atomic mass is 28.4. The van der Waals surface area contributed by atoms with Crippen molar-refractivity contribution in [1.29, 1.82) is 0 Å². The van der Waals surface area contributed by atoms with E-state index < -0.39 is 16.1 Å². The number of nitrogens with zero attached hydrogens (tertiary/aromatic N) is 2. The maximum atomic E-state index is 2.67. The molecule has 0 saturated carbocycles. The molecule has 63 heavy (non-hydrogen) atoms. The van der Waals surface area contributed by atoms with Crippen molar-refractivity contribution in [1.82, 2.24) is 0 Å². The molecule has 0 N–H and O–H groups in total. The largest absolute Gasteiger partial charge is 0.310 e. The van der Waals surface area contributed by atoms with Gasteiger partial charge in [0.25, 0.3) is 0 Å². The third-order valence-corrected chi connectivity index (χ3v) is 24.1. The smallest absolute Gasteiger partial charge is 0.0579 e. The van der Waals surface area contributed by atoms with Crippen molar-refractivity contribution < 1.29 is 0 Å². The average Bonchev–Trinajstić information content (AvgIpc) is 3.60. The molecule has 9 aromatic carbocycles. The Kier molecular flexibility index (Phi) is 9.70. The fourth-order valence-corrected chi connectivity index (χ4v) is 25.0. The second-order valence-electron chi connectivity index (χ2n) is 20.1. The lowest BCUT2D eigenvalue weighted by molar-refractivity contribution is 0.963. The van der Waals surface area contributed by atoms with Crippen molar-refractivity contribution in [2.24, 2.45) is 0 Å². The maximum absolute atomic E-state index is 2.67. The molecule has 0 atom stereocenters. The monoisotopic (exact) mass is 850 g/mol. The Labute approximate surface area is 376 Å². The van der Waals surface area contributed by atoms with E-state index in [1.807, 2.05) is 0 Å². The predicted molar refractivity (Wildman–Crippen MR) is 280 cm³/mol. The summed E-state index contributed by atoms with van der Waals surface area (Å²) in [5, 5.41) is 7.99. The Bertz CT molecular complexity index is 3230. The molecule has 0 saturated heterocycles. The predicted octanol–water partition coefficient (Wildman–Crippen LogP) is 17.3. The topological polar surface area (TPSA) is 6.48 Å². The lowest BCUT2D eigenvalue weighted by atomic mass is 9.89. The molecule has 9 aromatic rings. The van der Waals surface area contributed by atoms with Crippen LogP contribution in [0.2, 0.25) is 39.3 Å². The first-order chi connectivity index (χ1) is 30.2. The van der Waals surface area contributed by atoms with Crippen molar-refractivity contribution >= 4 is 82.6 Å². The highest BCUT2D eigenvalue weighted by molar-refractivity contribution is 7.00. The number of anilines is 6. The molecule has 0 fully saturated rings. The quantitative estimate of drug-likeness (QED) is 0.111. The van der Waals surface area contributed by atoms with E-state index >= 15 is 0 Å². The van der Waals surface area contributed by atoms with Gasteiger partial charge in [-0.05, 0) is 143 Å². The minimum Gasteiger partial charge on any atom is -0.310 e. The molecule has 0 radical (unpaired) electrons. The van der Waals surface area contributed by atoms with Crippen molar-refractivity contribution in [2.75, 3.05) is 9.80 Å². The van der Waals surface area contributed by atoms with Gasteiger partial charge in [0.2, 0.25) is 0 Å². The molecular formula is C59H58N2Si2. The van der Waals surface area contributed by atoms with Crippen molar-refractivity contribution in [3.63, 3.8) is 0 Å². The summed E-state index contributed by atoms with van der Waals surface area (Å²) in [5.74, 6) is 0. The molecule has 0 spiro atoms. The van der Waals surface area contributed by atoms with Crippen LogP contribution >= 0.6 is 0 Å². The number of aryl methyl sites for hydroxylation is 4. The van der Waals surface area contributed by atoms with Gasteiger partial charge in [0.15, 0.2) is 0 Å². The molecule has 2 nitrogen and oxygen atoms in total. The number of hydrogen-bond acceptors (Lipinski definition) is 2. The summed E-state index contributed by atoms with van der Waals surface area (Å²) in [6.07, 6.45) is 0. The van der Waals surface area contributed by atoms with Crippen LogP contribution in [-0.4, -0.2) is 16.1 Å². The van der Waals surface area contributed by atoms with E-state index in [1.54, 1.807) is 5.56 Å². The molecule has 1 aliphatic rings. The molecule has 1 aliphatic carbocycles. The van der Waals surface area contributed by atoms with Gasteiger partial charge in [-0.1, -0.05) is 166 Å². The molecule has 10 rings (SSSR count). The Morgan fingerprint density at radius 3 is 1.37 bits per heavy atom. The Morgan fingerprint density at radius 1 is 0.349 bits per heavy atom. The summed E-state index contributed by atoms with van der Waals surface area (Å²) in [4.78, 5) is 5.01. The van der Waals surface area contributed by atoms with Crippen LogP contribution in [0, 0.1) is 27.7 Å². The van der Waals surface area contributed by atoms with Gasteiger partial charge in [-0.2, -0.15) is 0 Å². The summed E-state index contributed by atoms with van der Waals surface area (Å²) in [7, 11) is -4.32. The summed E-state index contributed by atoms with van der Waals surface area (Å²) in [5.41, 5.74) is 18.2. The number of fused-ring (bicyclic) bond motifs is 10. The fraction of sp³-hybridized carbons (Fsp3) is 0.186. The molecular weight excluding hydrogens is 793 g/mol. The van der Waals surface area contributed by atoms with Gasteiger partial charge in [0.1, 0.15) is 0 Å². The summed E-state index contributed by atoms with van der Waals surface area (Å²) in [6.45, 7) is 24.8. The van der Waals surface area contributed by atoms with Crippen LogP contribution < -0.4 is 9.80 Å². The van der Waals surface area contributed by atoms with Gasteiger partial charge in [-0.3, -0.25) is 0 Å². The summed E-state index contributed by atoms with van der Waals surface area (Å²) >= 11 is 0. The van der Waals surface area contributed by atoms with Crippen LogP contribution in [-0.2, 0) is 4.66 Å². The molecule has 0 unspecified atom stereocenters. The van der Waals surface area contributed by atoms with E-state index in [4.69, 9.17) is 0 Å². The first-order valence-electron chi connectivity index (χ1n) is 22.6. The zero-order valence-corrected chi connectivity index (χ0v) is 40.6. The lowest BCUT2D eigenvalue weighted by Crippen LogP contribution is -2.63. The van der Waals surface area contributed by atoms with Crippen LogP contribution in [0.15, 0.2) is 170 Å². The highest BCUT2D eigenvalue weighted by Gasteiger charge is 2.60. The maximum Gasteiger partial charge on any atom is 0.0579 e. The molecule has 0 aliphatic heterocycles. The lowest BCUT2D eigenvalue weighted by Gasteiger charge is -2.52. The molecule has 0 bridgehead atoms. The van der Waals surface area contributed by atoms with Crippen molar-refractivity contribution in [3.05, 3.63) is 203 Å². The minimum absolute atomic E-state index is 0.134. The van der Waals surface area contributed by atoms with Gasteiger partial charge in [0.05, 0.1) is 21.8 Å². The van der Waals surface area contributed by atoms with Gasteiger partial charge < -0.3 is 9.80 Å². The third kappa shape index (κ3) is 6.24. The Hall–Kier alpha value is -6.21. The van der Waals surface area contributed by atoms with Gasteiger partial charge >= 0.3 is 0 Å². The second kappa shape index (κ2) is 15.0. The van der Waals surface area contributed by atoms with Crippen molar-refractivity contribution in [3.8, 4) is 11.1 Å². The minimum atomic E-state index is -2.16. The normalized spacial score (nSPS) is 13.4. The van der Waals surface area contributed by atoms with E-state index in [-0.39, 0.29) is 4.66 Å². The van der Waals surface area contributed by atoms with Gasteiger partial charge in [0, 0.05) is 38.5 Å². The van der Waals surface area contributed by atoms with E-state index in [1.165, 1.54) is 99.7 Å². The van der Waals surface area contributed by atoms with Crippen LogP contribution in [0.25, 0.3) is 43.4 Å². The summed E-state index contributed by atoms with van der Waals surface area (Å²) in [6, 6.07) is 64.4. The zero-order chi connectivity index (χ0) is 44.0. The highest BCUT2D eigenvalue weighted by Crippen LogP contribution is 2.64. The van der Waals surface area contributed by atoms with E-state index in [0.29, 0.717) is 0 Å². The Morgan fingerprint density at radius 2 is 0.825 bits per heavy atom. The van der Waals surface area contributed by atoms with Crippen LogP contribution in [0.1, 0.15) is 33.4 Å². The third-order valence-electron chi connectivity index (χ3n) is 14.0. The van der Waals surface area contributed by atoms with Crippen LogP contribution in [0.3, 0.4) is 0 Å². The number of hydrogen-bond donors (Lipinski definition) is 0. The van der Waals surface area contributed by atoms with Gasteiger partial charge in [-0.15, -0.1) is 0 Å².